The molecular weight excluding hydrogens is 318 g/mol. The van der Waals surface area contributed by atoms with Crippen LogP contribution in [0.5, 0.6) is 0 Å². The molecule has 0 heterocycles. The Kier molecular flexibility index (Phi) is 58.9. The van der Waals surface area contributed by atoms with Gasteiger partial charge in [-0.3, -0.25) is 19.2 Å². The third-order valence-electron chi connectivity index (χ3n) is 0. The van der Waals surface area contributed by atoms with Crippen molar-refractivity contribution >= 4 is 40.9 Å². The van der Waals surface area contributed by atoms with Crippen molar-refractivity contribution in [3.8, 4) is 0 Å². The van der Waals surface area contributed by atoms with Gasteiger partial charge in [-0.05, 0) is 0 Å². The van der Waals surface area contributed by atoms with Crippen LogP contribution in [0.2, 0.25) is 0 Å². The van der Waals surface area contributed by atoms with Gasteiger partial charge in [0.25, 0.3) is 23.9 Å². The van der Waals surface area contributed by atoms with E-state index in [0.29, 0.717) is 0 Å². The van der Waals surface area contributed by atoms with E-state index >= 15 is 0 Å². The van der Waals surface area contributed by atoms with E-state index in [0.717, 1.165) is 27.7 Å². The largest absolute Gasteiger partial charge is 0.481 e. The summed E-state index contributed by atoms with van der Waals surface area (Å²) in [6.45, 7) is 4.33. The van der Waals surface area contributed by atoms with Crippen molar-refractivity contribution < 1.29 is 39.6 Å². The van der Waals surface area contributed by atoms with Crippen LogP contribution in [0.1, 0.15) is 27.7 Å². The second kappa shape index (κ2) is 29.5. The molecule has 0 unspecified atom stereocenters. The summed E-state index contributed by atoms with van der Waals surface area (Å²) in [4.78, 5) is 36.0. The zero-order valence-corrected chi connectivity index (χ0v) is 12.3. The predicted molar refractivity (Wildman–Crippen MR) is 68.6 cm³/mol. The first-order valence-corrected chi connectivity index (χ1v) is 3.71. The van der Waals surface area contributed by atoms with Crippen molar-refractivity contribution in [2.75, 3.05) is 0 Å². The molecule has 0 fully saturated rings. The number of aliphatic carboxylic acids is 4. The molecule has 9 nitrogen and oxygen atoms in total. The summed E-state index contributed by atoms with van der Waals surface area (Å²) in [6, 6.07) is 0. The van der Waals surface area contributed by atoms with Crippen molar-refractivity contribution in [2.45, 2.75) is 27.7 Å². The number of rotatable bonds is 0. The summed E-state index contributed by atoms with van der Waals surface area (Å²) in [5, 5.41) is 29.7. The van der Waals surface area contributed by atoms with Crippen LogP contribution in [0.15, 0.2) is 0 Å². The Morgan fingerprint density at radius 2 is 0.556 bits per heavy atom. The third-order valence-corrected chi connectivity index (χ3v) is 0. The zero-order valence-electron chi connectivity index (χ0n) is 10.5. The number of hydrogen-bond acceptors (Lipinski definition) is 5. The van der Waals surface area contributed by atoms with Crippen LogP contribution in [-0.2, 0) is 19.2 Å². The lowest BCUT2D eigenvalue weighted by atomic mass is 10.9. The van der Waals surface area contributed by atoms with Crippen molar-refractivity contribution in [3.63, 3.8) is 0 Å². The van der Waals surface area contributed by atoms with Crippen LogP contribution in [0.25, 0.3) is 0 Å². The fraction of sp³-hybridized carbons (Fsp3) is 0.500. The van der Waals surface area contributed by atoms with Crippen LogP contribution in [-0.4, -0.2) is 44.3 Å². The molecule has 0 aromatic rings. The molecular formula is C8H20BrNO8. The van der Waals surface area contributed by atoms with Crippen molar-refractivity contribution in [1.82, 2.24) is 6.15 Å². The van der Waals surface area contributed by atoms with E-state index in [9.17, 15) is 0 Å². The number of carboxylic acids is 4. The lowest BCUT2D eigenvalue weighted by Gasteiger charge is -1.59. The number of hydrogen-bond donors (Lipinski definition) is 5. The van der Waals surface area contributed by atoms with Crippen LogP contribution in [0.4, 0.5) is 0 Å². The number of halogens is 1. The summed E-state index contributed by atoms with van der Waals surface area (Å²) in [7, 11) is 0. The molecule has 0 aliphatic heterocycles. The topological polar surface area (TPSA) is 184 Å². The van der Waals surface area contributed by atoms with Crippen LogP contribution >= 0.6 is 17.0 Å². The Balaban J connectivity index is -0.0000000257. The molecule has 0 aromatic carbocycles. The van der Waals surface area contributed by atoms with Crippen LogP contribution < -0.4 is 6.15 Å². The molecule has 0 bridgehead atoms. The molecule has 0 radical (unpaired) electrons. The average Bonchev–Trinajstić information content (AvgIpc) is 1.76. The van der Waals surface area contributed by atoms with Gasteiger partial charge in [0.2, 0.25) is 0 Å². The van der Waals surface area contributed by atoms with Gasteiger partial charge >= 0.3 is 0 Å². The summed E-state index contributed by atoms with van der Waals surface area (Å²) in [5.74, 6) is -3.33. The molecule has 0 atom stereocenters. The molecule has 0 rings (SSSR count). The Bertz CT molecular complexity index is 167. The summed E-state index contributed by atoms with van der Waals surface area (Å²) >= 11 is 0. The van der Waals surface area contributed by atoms with E-state index in [-0.39, 0.29) is 23.1 Å². The molecule has 0 aromatic heterocycles. The molecule has 0 spiro atoms. The molecule has 7 N–H and O–H groups in total. The van der Waals surface area contributed by atoms with Crippen molar-refractivity contribution in [3.05, 3.63) is 0 Å². The first kappa shape index (κ1) is 36.0. The standard InChI is InChI=1S/4C2H4O2.BrH.H3N/c4*1-2(3)4;;/h4*1H3,(H,3,4);1H;1H3. The van der Waals surface area contributed by atoms with Gasteiger partial charge in [-0.15, -0.1) is 17.0 Å². The normalized spacial score (nSPS) is 5.56. The van der Waals surface area contributed by atoms with E-state index in [1.54, 1.807) is 0 Å². The summed E-state index contributed by atoms with van der Waals surface area (Å²) in [6.07, 6.45) is 0. The van der Waals surface area contributed by atoms with Gasteiger partial charge < -0.3 is 26.6 Å². The second-order valence-corrected chi connectivity index (χ2v) is 2.08. The highest BCUT2D eigenvalue weighted by Gasteiger charge is 1.66. The Labute approximate surface area is 115 Å². The Hall–Kier alpha value is -1.68. The maximum atomic E-state index is 9.00. The quantitative estimate of drug-likeness (QED) is 0.431. The van der Waals surface area contributed by atoms with E-state index in [2.05, 4.69) is 0 Å². The minimum Gasteiger partial charge on any atom is -0.481 e. The molecule has 18 heavy (non-hydrogen) atoms. The molecule has 0 saturated carbocycles. The van der Waals surface area contributed by atoms with Gasteiger partial charge in [-0.25, -0.2) is 0 Å². The molecule has 10 heteroatoms. The van der Waals surface area contributed by atoms with Crippen LogP contribution in [0, 0.1) is 0 Å². The first-order valence-electron chi connectivity index (χ1n) is 3.71. The molecule has 0 amide bonds. The Morgan fingerprint density at radius 3 is 0.556 bits per heavy atom. The van der Waals surface area contributed by atoms with Crippen molar-refractivity contribution in [1.29, 1.82) is 0 Å². The highest BCUT2D eigenvalue weighted by atomic mass is 79.9. The van der Waals surface area contributed by atoms with Gasteiger partial charge in [0.05, 0.1) is 0 Å². The van der Waals surface area contributed by atoms with Gasteiger partial charge in [0, 0.05) is 27.7 Å². The maximum Gasteiger partial charge on any atom is 0.300 e. The molecule has 0 aliphatic carbocycles. The molecule has 0 saturated heterocycles. The van der Waals surface area contributed by atoms with E-state index in [1.165, 1.54) is 0 Å². The predicted octanol–water partition coefficient (Wildman–Crippen LogP) is 1.10. The maximum absolute atomic E-state index is 9.00. The number of carboxylic acid groups (broad SMARTS) is 4. The third kappa shape index (κ3) is 900. The van der Waals surface area contributed by atoms with Gasteiger partial charge in [-0.1, -0.05) is 0 Å². The zero-order chi connectivity index (χ0) is 14.3. The second-order valence-electron chi connectivity index (χ2n) is 2.08. The SMILES string of the molecule is Br.CC(=O)O.CC(=O)O.CC(=O)O.CC(=O)O.N. The van der Waals surface area contributed by atoms with Gasteiger partial charge in [0.1, 0.15) is 0 Å². The minimum absolute atomic E-state index is 0. The number of carbonyl (C=O) groups is 4. The van der Waals surface area contributed by atoms with Gasteiger partial charge in [0.15, 0.2) is 0 Å². The lowest BCUT2D eigenvalue weighted by molar-refractivity contribution is -0.135. The van der Waals surface area contributed by atoms with Crippen LogP contribution in [0.3, 0.4) is 0 Å². The Morgan fingerprint density at radius 1 is 0.556 bits per heavy atom. The fourth-order valence-corrected chi connectivity index (χ4v) is 0. The van der Waals surface area contributed by atoms with Gasteiger partial charge in [-0.2, -0.15) is 0 Å². The van der Waals surface area contributed by atoms with E-state index in [4.69, 9.17) is 39.6 Å². The van der Waals surface area contributed by atoms with E-state index in [1.807, 2.05) is 0 Å². The minimum atomic E-state index is -0.833. The first-order chi connectivity index (χ1) is 6.93. The fourth-order valence-electron chi connectivity index (χ4n) is 0. The lowest BCUT2D eigenvalue weighted by Crippen LogP contribution is -1.78. The molecule has 112 valence electrons. The van der Waals surface area contributed by atoms with Crippen molar-refractivity contribution in [2.24, 2.45) is 0 Å². The molecule has 0 aliphatic rings. The van der Waals surface area contributed by atoms with E-state index < -0.39 is 23.9 Å². The summed E-state index contributed by atoms with van der Waals surface area (Å²) in [5.41, 5.74) is 0. The monoisotopic (exact) mass is 337 g/mol. The smallest absolute Gasteiger partial charge is 0.300 e. The highest BCUT2D eigenvalue weighted by molar-refractivity contribution is 8.93. The summed E-state index contributed by atoms with van der Waals surface area (Å²) < 4.78 is 0. The average molecular weight is 338 g/mol. The highest BCUT2D eigenvalue weighted by Crippen LogP contribution is 1.43.